The Morgan fingerprint density at radius 3 is 2.56 bits per heavy atom. The van der Waals surface area contributed by atoms with E-state index in [9.17, 15) is 9.59 Å². The van der Waals surface area contributed by atoms with Gasteiger partial charge in [0.1, 0.15) is 0 Å². The van der Waals surface area contributed by atoms with Crippen molar-refractivity contribution in [3.63, 3.8) is 0 Å². The van der Waals surface area contributed by atoms with Gasteiger partial charge in [-0.2, -0.15) is 0 Å². The molecule has 2 amide bonds. The third kappa shape index (κ3) is 2.85. The molecule has 0 saturated carbocycles. The van der Waals surface area contributed by atoms with Crippen molar-refractivity contribution in [1.29, 1.82) is 0 Å². The van der Waals surface area contributed by atoms with Crippen molar-refractivity contribution in [2.45, 2.75) is 24.7 Å². The van der Waals surface area contributed by atoms with E-state index in [1.807, 2.05) is 25.1 Å². The van der Waals surface area contributed by atoms with E-state index < -0.39 is 0 Å². The van der Waals surface area contributed by atoms with Crippen molar-refractivity contribution in [1.82, 2.24) is 4.90 Å². The number of likely N-dealkylation sites (tertiary alicyclic amines) is 1. The fourth-order valence-electron chi connectivity index (χ4n) is 1.92. The third-order valence-corrected chi connectivity index (χ3v) is 3.96. The second-order valence-corrected chi connectivity index (χ2v) is 5.47. The van der Waals surface area contributed by atoms with Gasteiger partial charge in [-0.05, 0) is 24.6 Å². The van der Waals surface area contributed by atoms with Crippen molar-refractivity contribution < 1.29 is 9.59 Å². The van der Waals surface area contributed by atoms with Crippen molar-refractivity contribution in [3.05, 3.63) is 23.8 Å². The predicted octanol–water partition coefficient (Wildman–Crippen LogP) is 1.82. The molecule has 0 radical (unpaired) electrons. The van der Waals surface area contributed by atoms with Gasteiger partial charge in [0.2, 0.25) is 11.8 Å². The smallest absolute Gasteiger partial charge is 0.229 e. The lowest BCUT2D eigenvalue weighted by molar-refractivity contribution is -0.137. The van der Waals surface area contributed by atoms with E-state index in [0.29, 0.717) is 25.1 Å². The van der Waals surface area contributed by atoms with Gasteiger partial charge < -0.3 is 5.73 Å². The van der Waals surface area contributed by atoms with Crippen molar-refractivity contribution in [2.24, 2.45) is 0 Å². The fraction of sp³-hybridized carbons (Fsp3) is 0.385. The predicted molar refractivity (Wildman–Crippen MR) is 72.3 cm³/mol. The Balaban J connectivity index is 1.88. The van der Waals surface area contributed by atoms with E-state index in [0.717, 1.165) is 16.1 Å². The van der Waals surface area contributed by atoms with E-state index in [1.54, 1.807) is 11.8 Å². The number of benzene rings is 1. The molecule has 1 aliphatic heterocycles. The van der Waals surface area contributed by atoms with Gasteiger partial charge in [-0.15, -0.1) is 11.8 Å². The van der Waals surface area contributed by atoms with Crippen LogP contribution in [0.25, 0.3) is 0 Å². The molecule has 2 N–H and O–H groups in total. The minimum atomic E-state index is -0.0579. The first-order chi connectivity index (χ1) is 8.58. The average Bonchev–Trinajstić information content (AvgIpc) is 2.63. The Hall–Kier alpha value is -1.49. The lowest BCUT2D eigenvalue weighted by Crippen LogP contribution is -2.31. The Labute approximate surface area is 111 Å². The lowest BCUT2D eigenvalue weighted by Gasteiger charge is -2.13. The summed E-state index contributed by atoms with van der Waals surface area (Å²) in [7, 11) is 0. The summed E-state index contributed by atoms with van der Waals surface area (Å²) in [6.45, 7) is 2.46. The molecule has 4 nitrogen and oxygen atoms in total. The van der Waals surface area contributed by atoms with Gasteiger partial charge in [0.25, 0.3) is 0 Å². The van der Waals surface area contributed by atoms with Crippen LogP contribution in [-0.4, -0.2) is 29.0 Å². The number of hydrogen-bond acceptors (Lipinski definition) is 4. The van der Waals surface area contributed by atoms with Crippen molar-refractivity contribution in [3.8, 4) is 0 Å². The maximum absolute atomic E-state index is 11.4. The van der Waals surface area contributed by atoms with Crippen LogP contribution in [0.4, 0.5) is 5.69 Å². The maximum atomic E-state index is 11.4. The van der Waals surface area contributed by atoms with Gasteiger partial charge in [0, 0.05) is 35.7 Å². The number of amides is 2. The van der Waals surface area contributed by atoms with E-state index >= 15 is 0 Å². The molecule has 1 aromatic rings. The Kier molecular flexibility index (Phi) is 3.91. The number of rotatable bonds is 4. The summed E-state index contributed by atoms with van der Waals surface area (Å²) in [5, 5.41) is 0. The second kappa shape index (κ2) is 5.44. The monoisotopic (exact) mass is 264 g/mol. The van der Waals surface area contributed by atoms with Crippen LogP contribution in [0.15, 0.2) is 23.1 Å². The Morgan fingerprint density at radius 2 is 1.94 bits per heavy atom. The average molecular weight is 264 g/mol. The highest BCUT2D eigenvalue weighted by molar-refractivity contribution is 7.99. The molecule has 1 saturated heterocycles. The number of anilines is 1. The maximum Gasteiger partial charge on any atom is 0.229 e. The summed E-state index contributed by atoms with van der Waals surface area (Å²) in [6, 6.07) is 5.91. The van der Waals surface area contributed by atoms with E-state index in [4.69, 9.17) is 5.73 Å². The lowest BCUT2D eigenvalue weighted by atomic mass is 10.2. The number of hydrogen-bond donors (Lipinski definition) is 1. The van der Waals surface area contributed by atoms with E-state index in [1.165, 1.54) is 4.90 Å². The number of nitrogens with zero attached hydrogens (tertiary/aromatic N) is 1. The van der Waals surface area contributed by atoms with Gasteiger partial charge in [-0.3, -0.25) is 14.5 Å². The Bertz CT molecular complexity index is 472. The highest BCUT2D eigenvalue weighted by Crippen LogP contribution is 2.26. The molecule has 0 spiro atoms. The molecule has 0 aliphatic carbocycles. The van der Waals surface area contributed by atoms with Gasteiger partial charge in [-0.25, -0.2) is 0 Å². The van der Waals surface area contributed by atoms with Crippen molar-refractivity contribution >= 4 is 29.3 Å². The van der Waals surface area contributed by atoms with Gasteiger partial charge in [0.05, 0.1) is 0 Å². The molecule has 5 heteroatoms. The second-order valence-electron chi connectivity index (χ2n) is 4.33. The summed E-state index contributed by atoms with van der Waals surface area (Å²) in [5.41, 5.74) is 7.78. The summed E-state index contributed by atoms with van der Waals surface area (Å²) >= 11 is 1.58. The number of nitrogen functional groups attached to an aromatic ring is 1. The standard InChI is InChI=1S/C13H16N2O2S/c1-9-2-3-11(10(14)8-9)18-7-6-15-12(16)4-5-13(15)17/h2-3,8H,4-7,14H2,1H3. The first-order valence-electron chi connectivity index (χ1n) is 5.90. The zero-order valence-electron chi connectivity index (χ0n) is 10.3. The largest absolute Gasteiger partial charge is 0.398 e. The Morgan fingerprint density at radius 1 is 1.28 bits per heavy atom. The summed E-state index contributed by atoms with van der Waals surface area (Å²) < 4.78 is 0. The normalized spacial score (nSPS) is 15.5. The van der Waals surface area contributed by atoms with Gasteiger partial charge in [0.15, 0.2) is 0 Å². The van der Waals surface area contributed by atoms with Crippen LogP contribution in [0.1, 0.15) is 18.4 Å². The van der Waals surface area contributed by atoms with Gasteiger partial charge >= 0.3 is 0 Å². The third-order valence-electron chi connectivity index (χ3n) is 2.89. The molecule has 2 rings (SSSR count). The minimum Gasteiger partial charge on any atom is -0.398 e. The minimum absolute atomic E-state index is 0.0579. The first kappa shape index (κ1) is 13.0. The number of imide groups is 1. The van der Waals surface area contributed by atoms with Crippen LogP contribution < -0.4 is 5.73 Å². The highest BCUT2D eigenvalue weighted by atomic mass is 32.2. The quantitative estimate of drug-likeness (QED) is 0.512. The van der Waals surface area contributed by atoms with Crippen LogP contribution >= 0.6 is 11.8 Å². The summed E-state index contributed by atoms with van der Waals surface area (Å²) in [6.07, 6.45) is 0.715. The van der Waals surface area contributed by atoms with E-state index in [-0.39, 0.29) is 11.8 Å². The molecule has 1 aromatic carbocycles. The van der Waals surface area contributed by atoms with Gasteiger partial charge in [-0.1, -0.05) is 6.07 Å². The van der Waals surface area contributed by atoms with Crippen LogP contribution in [0.2, 0.25) is 0 Å². The molecular formula is C13H16N2O2S. The van der Waals surface area contributed by atoms with Crippen LogP contribution in [0, 0.1) is 6.92 Å². The number of aryl methyl sites for hydroxylation is 1. The first-order valence-corrected chi connectivity index (χ1v) is 6.88. The topological polar surface area (TPSA) is 63.4 Å². The number of thioether (sulfide) groups is 1. The van der Waals surface area contributed by atoms with Crippen LogP contribution in [0.5, 0.6) is 0 Å². The molecule has 1 fully saturated rings. The SMILES string of the molecule is Cc1ccc(SCCN2C(=O)CCC2=O)c(N)c1. The number of nitrogens with two attached hydrogens (primary N) is 1. The summed E-state index contributed by atoms with van der Waals surface area (Å²) in [4.78, 5) is 25.2. The van der Waals surface area contributed by atoms with Crippen molar-refractivity contribution in [2.75, 3.05) is 18.0 Å². The molecule has 1 heterocycles. The zero-order valence-corrected chi connectivity index (χ0v) is 11.1. The highest BCUT2D eigenvalue weighted by Gasteiger charge is 2.28. The molecule has 1 aliphatic rings. The van der Waals surface area contributed by atoms with Crippen LogP contribution in [0.3, 0.4) is 0 Å². The fourth-order valence-corrected chi connectivity index (χ4v) is 2.80. The zero-order chi connectivity index (χ0) is 13.1. The molecule has 0 atom stereocenters. The molecule has 0 aromatic heterocycles. The molecule has 96 valence electrons. The van der Waals surface area contributed by atoms with Crippen LogP contribution in [-0.2, 0) is 9.59 Å². The molecule has 0 bridgehead atoms. The van der Waals surface area contributed by atoms with E-state index in [2.05, 4.69) is 0 Å². The molecular weight excluding hydrogens is 248 g/mol. The summed E-state index contributed by atoms with van der Waals surface area (Å²) in [5.74, 6) is 0.569. The number of carbonyl (C=O) groups is 2. The molecule has 18 heavy (non-hydrogen) atoms. The number of carbonyl (C=O) groups excluding carboxylic acids is 2. The molecule has 0 unspecified atom stereocenters.